The summed E-state index contributed by atoms with van der Waals surface area (Å²) in [6, 6.07) is 0. The van der Waals surface area contributed by atoms with Crippen LogP contribution >= 0.6 is 27.3 Å². The van der Waals surface area contributed by atoms with Gasteiger partial charge in [0.05, 0.1) is 6.61 Å². The summed E-state index contributed by atoms with van der Waals surface area (Å²) in [5.74, 6) is 0.448. The lowest BCUT2D eigenvalue weighted by molar-refractivity contribution is 0.0526. The van der Waals surface area contributed by atoms with Gasteiger partial charge in [-0.3, -0.25) is 0 Å². The molecule has 1 aliphatic carbocycles. The zero-order chi connectivity index (χ0) is 13.0. The van der Waals surface area contributed by atoms with Crippen LogP contribution in [-0.4, -0.2) is 17.6 Å². The highest BCUT2D eigenvalue weighted by Crippen LogP contribution is 2.32. The lowest BCUT2D eigenvalue weighted by atomic mass is 9.87. The van der Waals surface area contributed by atoms with Crippen LogP contribution in [0.25, 0.3) is 0 Å². The minimum atomic E-state index is -0.307. The maximum absolute atomic E-state index is 11.6. The van der Waals surface area contributed by atoms with Crippen molar-refractivity contribution in [2.24, 2.45) is 5.92 Å². The third kappa shape index (κ3) is 3.54. The van der Waals surface area contributed by atoms with Crippen LogP contribution in [-0.2, 0) is 11.2 Å². The molecular weight excluding hydrogens is 314 g/mol. The second-order valence-electron chi connectivity index (χ2n) is 4.66. The fraction of sp³-hybridized carbons (Fsp3) is 0.692. The van der Waals surface area contributed by atoms with Gasteiger partial charge >= 0.3 is 5.97 Å². The van der Waals surface area contributed by atoms with E-state index in [0.29, 0.717) is 11.6 Å². The van der Waals surface area contributed by atoms with E-state index in [1.165, 1.54) is 48.3 Å². The summed E-state index contributed by atoms with van der Waals surface area (Å²) in [5.41, 5.74) is 0. The summed E-state index contributed by atoms with van der Waals surface area (Å²) >= 11 is 4.92. The lowest BCUT2D eigenvalue weighted by Gasteiger charge is -2.20. The van der Waals surface area contributed by atoms with Crippen molar-refractivity contribution in [3.05, 3.63) is 14.5 Å². The molecule has 2 rings (SSSR count). The Balaban J connectivity index is 2.01. The number of aromatic nitrogens is 1. The zero-order valence-electron chi connectivity index (χ0n) is 10.6. The molecule has 0 N–H and O–H groups in total. The molecule has 0 aliphatic heterocycles. The van der Waals surface area contributed by atoms with Gasteiger partial charge in [-0.2, -0.15) is 0 Å². The van der Waals surface area contributed by atoms with E-state index >= 15 is 0 Å². The first-order valence-corrected chi connectivity index (χ1v) is 8.14. The number of thiazole rings is 1. The van der Waals surface area contributed by atoms with Crippen LogP contribution in [0.5, 0.6) is 0 Å². The Morgan fingerprint density at radius 2 is 2.17 bits per heavy atom. The van der Waals surface area contributed by atoms with Crippen LogP contribution in [0.3, 0.4) is 0 Å². The lowest BCUT2D eigenvalue weighted by Crippen LogP contribution is -2.08. The Bertz CT molecular complexity index is 413. The Morgan fingerprint density at radius 3 is 2.83 bits per heavy atom. The standard InChI is InChI=1S/C13H18BrNO2S/c1-2-17-13(16)12-15-11(14)10(18-12)8-9-6-4-3-5-7-9/h9H,2-8H2,1H3. The van der Waals surface area contributed by atoms with E-state index in [2.05, 4.69) is 20.9 Å². The summed E-state index contributed by atoms with van der Waals surface area (Å²) in [7, 11) is 0. The van der Waals surface area contributed by atoms with Crippen molar-refractivity contribution >= 4 is 33.2 Å². The maximum Gasteiger partial charge on any atom is 0.367 e. The predicted molar refractivity (Wildman–Crippen MR) is 76.0 cm³/mol. The van der Waals surface area contributed by atoms with Gasteiger partial charge in [0.2, 0.25) is 5.01 Å². The minimum absolute atomic E-state index is 0.307. The number of nitrogens with zero attached hydrogens (tertiary/aromatic N) is 1. The molecule has 1 aromatic heterocycles. The molecule has 1 aliphatic rings. The van der Waals surface area contributed by atoms with Crippen molar-refractivity contribution in [3.63, 3.8) is 0 Å². The number of esters is 1. The molecule has 0 amide bonds. The van der Waals surface area contributed by atoms with Crippen LogP contribution in [0.4, 0.5) is 0 Å². The number of halogens is 1. The third-order valence-corrected chi connectivity index (χ3v) is 5.27. The van der Waals surface area contributed by atoms with E-state index < -0.39 is 0 Å². The molecule has 18 heavy (non-hydrogen) atoms. The van der Waals surface area contributed by atoms with Crippen LogP contribution in [0.15, 0.2) is 4.60 Å². The number of carbonyl (C=O) groups is 1. The third-order valence-electron chi connectivity index (χ3n) is 3.30. The van der Waals surface area contributed by atoms with Gasteiger partial charge in [0.25, 0.3) is 0 Å². The molecule has 100 valence electrons. The fourth-order valence-corrected chi connectivity index (χ4v) is 4.05. The molecule has 0 unspecified atom stereocenters. The first-order chi connectivity index (χ1) is 8.70. The molecule has 3 nitrogen and oxygen atoms in total. The number of carbonyl (C=O) groups excluding carboxylic acids is 1. The number of ether oxygens (including phenoxy) is 1. The Hall–Kier alpha value is -0.420. The summed E-state index contributed by atoms with van der Waals surface area (Å²) in [6.45, 7) is 2.21. The second kappa shape index (κ2) is 6.66. The van der Waals surface area contributed by atoms with Crippen molar-refractivity contribution in [1.82, 2.24) is 4.98 Å². The predicted octanol–water partition coefficient (Wildman–Crippen LogP) is 4.21. The van der Waals surface area contributed by atoms with Crippen molar-refractivity contribution in [3.8, 4) is 0 Å². The van der Waals surface area contributed by atoms with Gasteiger partial charge in [-0.15, -0.1) is 11.3 Å². The van der Waals surface area contributed by atoms with Crippen LogP contribution < -0.4 is 0 Å². The summed E-state index contributed by atoms with van der Waals surface area (Å²) in [4.78, 5) is 17.0. The van der Waals surface area contributed by atoms with Gasteiger partial charge < -0.3 is 4.74 Å². The molecule has 0 bridgehead atoms. The highest BCUT2D eigenvalue weighted by molar-refractivity contribution is 9.10. The molecule has 1 aromatic rings. The first-order valence-electron chi connectivity index (χ1n) is 6.53. The fourth-order valence-electron chi connectivity index (χ4n) is 2.39. The van der Waals surface area contributed by atoms with Crippen LogP contribution in [0, 0.1) is 5.92 Å². The molecule has 1 heterocycles. The second-order valence-corrected chi connectivity index (χ2v) is 6.50. The minimum Gasteiger partial charge on any atom is -0.461 e. The van der Waals surface area contributed by atoms with Gasteiger partial charge in [-0.05, 0) is 35.2 Å². The number of rotatable bonds is 4. The van der Waals surface area contributed by atoms with Gasteiger partial charge in [-0.1, -0.05) is 32.1 Å². The normalized spacial score (nSPS) is 16.8. The monoisotopic (exact) mass is 331 g/mol. The van der Waals surface area contributed by atoms with Gasteiger partial charge in [-0.25, -0.2) is 9.78 Å². The largest absolute Gasteiger partial charge is 0.461 e. The molecule has 5 heteroatoms. The Morgan fingerprint density at radius 1 is 1.44 bits per heavy atom. The number of hydrogen-bond donors (Lipinski definition) is 0. The highest BCUT2D eigenvalue weighted by Gasteiger charge is 2.20. The van der Waals surface area contributed by atoms with E-state index in [9.17, 15) is 4.79 Å². The van der Waals surface area contributed by atoms with Crippen molar-refractivity contribution in [2.45, 2.75) is 45.4 Å². The molecule has 1 fully saturated rings. The average molecular weight is 332 g/mol. The first kappa shape index (κ1) is 14.0. The van der Waals surface area contributed by atoms with Crippen molar-refractivity contribution in [1.29, 1.82) is 0 Å². The molecular formula is C13H18BrNO2S. The Kier molecular flexibility index (Phi) is 5.18. The van der Waals surface area contributed by atoms with E-state index in [1.807, 2.05) is 6.92 Å². The Labute approximate surface area is 120 Å². The average Bonchev–Trinajstić information content (AvgIpc) is 2.73. The quantitative estimate of drug-likeness (QED) is 0.776. The van der Waals surface area contributed by atoms with E-state index in [4.69, 9.17) is 4.74 Å². The van der Waals surface area contributed by atoms with Crippen LogP contribution in [0.2, 0.25) is 0 Å². The molecule has 1 saturated carbocycles. The zero-order valence-corrected chi connectivity index (χ0v) is 13.0. The summed E-state index contributed by atoms with van der Waals surface area (Å²) < 4.78 is 5.79. The van der Waals surface area contributed by atoms with E-state index in [1.54, 1.807) is 0 Å². The smallest absolute Gasteiger partial charge is 0.367 e. The molecule has 0 radical (unpaired) electrons. The molecule has 0 spiro atoms. The van der Waals surface area contributed by atoms with Gasteiger partial charge in [0.1, 0.15) is 4.60 Å². The summed E-state index contributed by atoms with van der Waals surface area (Å²) in [5, 5.41) is 0.467. The van der Waals surface area contributed by atoms with Crippen molar-refractivity contribution in [2.75, 3.05) is 6.61 Å². The summed E-state index contributed by atoms with van der Waals surface area (Å²) in [6.07, 6.45) is 7.70. The highest BCUT2D eigenvalue weighted by atomic mass is 79.9. The molecule has 0 atom stereocenters. The molecule has 0 saturated heterocycles. The van der Waals surface area contributed by atoms with E-state index in [-0.39, 0.29) is 5.97 Å². The molecule has 0 aromatic carbocycles. The number of hydrogen-bond acceptors (Lipinski definition) is 4. The maximum atomic E-state index is 11.6. The topological polar surface area (TPSA) is 39.2 Å². The van der Waals surface area contributed by atoms with Gasteiger partial charge in [0.15, 0.2) is 0 Å². The van der Waals surface area contributed by atoms with Gasteiger partial charge in [0, 0.05) is 4.88 Å². The SMILES string of the molecule is CCOC(=O)c1nc(Br)c(CC2CCCCC2)s1. The van der Waals surface area contributed by atoms with Crippen LogP contribution in [0.1, 0.15) is 53.7 Å². The van der Waals surface area contributed by atoms with E-state index in [0.717, 1.165) is 16.9 Å². The van der Waals surface area contributed by atoms with Crippen molar-refractivity contribution < 1.29 is 9.53 Å².